The van der Waals surface area contributed by atoms with Crippen LogP contribution in [0, 0.1) is 0 Å². The number of anilines is 4. The van der Waals surface area contributed by atoms with Gasteiger partial charge in [-0.25, -0.2) is 9.97 Å². The maximum Gasteiger partial charge on any atom is 0.271 e. The lowest BCUT2D eigenvalue weighted by Crippen LogP contribution is -2.30. The second-order valence-corrected chi connectivity index (χ2v) is 6.15. The van der Waals surface area contributed by atoms with Crippen LogP contribution < -0.4 is 27.4 Å². The minimum atomic E-state index is -0.466. The number of hydrogen-bond donors (Lipinski definition) is 5. The molecule has 6 N–H and O–H groups in total. The van der Waals surface area contributed by atoms with Crippen molar-refractivity contribution in [1.29, 1.82) is 0 Å². The topological polar surface area (TPSA) is 117 Å². The molecule has 27 heavy (non-hydrogen) atoms. The molecule has 3 aromatic rings. The predicted octanol–water partition coefficient (Wildman–Crippen LogP) is 3.56. The zero-order valence-electron chi connectivity index (χ0n) is 13.8. The molecule has 0 radical (unpaired) electrons. The number of para-hydroxylation sites is 1. The molecule has 2 aromatic carbocycles. The van der Waals surface area contributed by atoms with Crippen LogP contribution in [-0.2, 0) is 0 Å². The van der Waals surface area contributed by atoms with Crippen molar-refractivity contribution >= 4 is 52.1 Å². The van der Waals surface area contributed by atoms with Crippen molar-refractivity contribution in [1.82, 2.24) is 15.4 Å². The Morgan fingerprint density at radius 3 is 2.33 bits per heavy atom. The first-order valence-corrected chi connectivity index (χ1v) is 8.49. The molecule has 0 atom stereocenters. The van der Waals surface area contributed by atoms with E-state index in [9.17, 15) is 4.79 Å². The maximum atomic E-state index is 12.2. The van der Waals surface area contributed by atoms with Crippen LogP contribution in [0.1, 0.15) is 10.4 Å². The first kappa shape index (κ1) is 18.6. The Morgan fingerprint density at radius 1 is 0.926 bits per heavy atom. The van der Waals surface area contributed by atoms with E-state index in [2.05, 4.69) is 31.7 Å². The molecule has 0 saturated carbocycles. The summed E-state index contributed by atoms with van der Waals surface area (Å²) in [4.78, 5) is 20.3. The van der Waals surface area contributed by atoms with E-state index in [0.717, 1.165) is 5.69 Å². The van der Waals surface area contributed by atoms with Crippen LogP contribution in [0.25, 0.3) is 0 Å². The summed E-state index contributed by atoms with van der Waals surface area (Å²) in [6, 6.07) is 14.0. The van der Waals surface area contributed by atoms with E-state index in [0.29, 0.717) is 10.8 Å². The fraction of sp³-hybridized carbons (Fsp3) is 0. The Morgan fingerprint density at radius 2 is 1.63 bits per heavy atom. The largest absolute Gasteiger partial charge is 0.393 e. The lowest BCUT2D eigenvalue weighted by atomic mass is 10.2. The quantitative estimate of drug-likeness (QED) is 0.399. The fourth-order valence-electron chi connectivity index (χ4n) is 2.10. The highest BCUT2D eigenvalue weighted by atomic mass is 35.5. The summed E-state index contributed by atoms with van der Waals surface area (Å²) in [5.41, 5.74) is 18.3. The number of halogens is 2. The summed E-state index contributed by atoms with van der Waals surface area (Å²) >= 11 is 11.8. The molecule has 1 amide bonds. The smallest absolute Gasteiger partial charge is 0.271 e. The molecule has 138 valence electrons. The molecule has 0 bridgehead atoms. The molecule has 3 rings (SSSR count). The molecule has 8 nitrogen and oxygen atoms in total. The number of aromatic nitrogens is 2. The van der Waals surface area contributed by atoms with Crippen molar-refractivity contribution in [2.75, 3.05) is 22.0 Å². The van der Waals surface area contributed by atoms with E-state index in [4.69, 9.17) is 28.9 Å². The Kier molecular flexibility index (Phi) is 5.80. The fourth-order valence-corrected chi connectivity index (χ4v) is 2.60. The van der Waals surface area contributed by atoms with Gasteiger partial charge in [0.2, 0.25) is 0 Å². The first-order valence-electron chi connectivity index (χ1n) is 7.73. The molecule has 0 fully saturated rings. The average molecular weight is 404 g/mol. The van der Waals surface area contributed by atoms with Crippen LogP contribution >= 0.6 is 23.2 Å². The summed E-state index contributed by atoms with van der Waals surface area (Å²) < 4.78 is 0. The average Bonchev–Trinajstić information content (AvgIpc) is 2.67. The molecule has 0 spiro atoms. The molecule has 1 heterocycles. The summed E-state index contributed by atoms with van der Waals surface area (Å²) in [5.74, 6) is 0.0996. The van der Waals surface area contributed by atoms with Gasteiger partial charge in [-0.15, -0.1) is 0 Å². The molecule has 0 saturated heterocycles. The van der Waals surface area contributed by atoms with E-state index in [1.807, 2.05) is 30.3 Å². The summed E-state index contributed by atoms with van der Waals surface area (Å²) in [6.45, 7) is 0. The van der Waals surface area contributed by atoms with Crippen LogP contribution in [0.3, 0.4) is 0 Å². The van der Waals surface area contributed by atoms with Crippen LogP contribution in [-0.4, -0.2) is 15.9 Å². The summed E-state index contributed by atoms with van der Waals surface area (Å²) in [7, 11) is 0. The number of nitrogen functional groups attached to an aromatic ring is 1. The van der Waals surface area contributed by atoms with Crippen LogP contribution in [0.2, 0.25) is 10.0 Å². The molecular weight excluding hydrogens is 389 g/mol. The lowest BCUT2D eigenvalue weighted by Gasteiger charge is -2.14. The monoisotopic (exact) mass is 403 g/mol. The lowest BCUT2D eigenvalue weighted by molar-refractivity contribution is 0.0962. The van der Waals surface area contributed by atoms with Gasteiger partial charge < -0.3 is 5.73 Å². The van der Waals surface area contributed by atoms with E-state index in [-0.39, 0.29) is 22.1 Å². The summed E-state index contributed by atoms with van der Waals surface area (Å²) in [5, 5.41) is 0.665. The molecule has 0 unspecified atom stereocenters. The zero-order chi connectivity index (χ0) is 19.2. The van der Waals surface area contributed by atoms with Gasteiger partial charge in [0, 0.05) is 5.02 Å². The number of hydrogen-bond acceptors (Lipinski definition) is 7. The van der Waals surface area contributed by atoms with Crippen molar-refractivity contribution in [2.24, 2.45) is 0 Å². The highest BCUT2D eigenvalue weighted by Crippen LogP contribution is 2.23. The molecule has 1 aromatic heterocycles. The first-order chi connectivity index (χ1) is 13.0. The zero-order valence-corrected chi connectivity index (χ0v) is 15.3. The highest BCUT2D eigenvalue weighted by molar-refractivity contribution is 6.36. The second-order valence-electron chi connectivity index (χ2n) is 5.30. The Bertz CT molecular complexity index is 953. The standard InChI is InChI=1S/C17H15Cl2N7O/c18-10-6-7-12(13(19)8-10)17(27)26-25-16-14(20)15(21-9-22-16)24-23-11-4-2-1-3-5-11/h1-9,23H,20H2,(H,26,27)(H2,21,22,24,25). The number of rotatable bonds is 6. The predicted molar refractivity (Wildman–Crippen MR) is 108 cm³/mol. The normalized spacial score (nSPS) is 10.1. The number of hydrazine groups is 2. The van der Waals surface area contributed by atoms with Crippen molar-refractivity contribution in [2.45, 2.75) is 0 Å². The van der Waals surface area contributed by atoms with Gasteiger partial charge in [-0.3, -0.25) is 26.5 Å². The number of benzene rings is 2. The Labute approximate surface area is 165 Å². The van der Waals surface area contributed by atoms with E-state index < -0.39 is 5.91 Å². The third kappa shape index (κ3) is 4.69. The molecule has 0 aliphatic heterocycles. The number of carbonyl (C=O) groups is 1. The number of nitrogens with one attached hydrogen (secondary N) is 4. The Balaban J connectivity index is 1.66. The third-order valence-corrected chi connectivity index (χ3v) is 4.00. The third-order valence-electron chi connectivity index (χ3n) is 3.45. The van der Waals surface area contributed by atoms with Crippen LogP contribution in [0.4, 0.5) is 23.0 Å². The van der Waals surface area contributed by atoms with Gasteiger partial charge in [0.15, 0.2) is 11.6 Å². The second kappa shape index (κ2) is 8.43. The van der Waals surface area contributed by atoms with Gasteiger partial charge in [-0.05, 0) is 30.3 Å². The minimum absolute atomic E-state index is 0.212. The number of nitrogens with two attached hydrogens (primary N) is 1. The minimum Gasteiger partial charge on any atom is -0.393 e. The molecule has 0 aliphatic carbocycles. The SMILES string of the molecule is Nc1c(NNC(=O)c2ccc(Cl)cc2Cl)ncnc1NNc1ccccc1. The van der Waals surface area contributed by atoms with Gasteiger partial charge in [0.1, 0.15) is 12.0 Å². The molecule has 10 heteroatoms. The van der Waals surface area contributed by atoms with Crippen LogP contribution in [0.5, 0.6) is 0 Å². The Hall–Kier alpha value is -3.23. The van der Waals surface area contributed by atoms with Crippen LogP contribution in [0.15, 0.2) is 54.9 Å². The molecule has 0 aliphatic rings. The van der Waals surface area contributed by atoms with Gasteiger partial charge in [-0.1, -0.05) is 41.4 Å². The van der Waals surface area contributed by atoms with E-state index in [1.165, 1.54) is 18.5 Å². The van der Waals surface area contributed by atoms with Gasteiger partial charge >= 0.3 is 0 Å². The van der Waals surface area contributed by atoms with E-state index in [1.54, 1.807) is 6.07 Å². The van der Waals surface area contributed by atoms with Gasteiger partial charge in [0.25, 0.3) is 5.91 Å². The highest BCUT2D eigenvalue weighted by Gasteiger charge is 2.13. The van der Waals surface area contributed by atoms with Crippen molar-refractivity contribution < 1.29 is 4.79 Å². The number of amides is 1. The van der Waals surface area contributed by atoms with Crippen molar-refractivity contribution in [3.8, 4) is 0 Å². The van der Waals surface area contributed by atoms with Gasteiger partial charge in [-0.2, -0.15) is 0 Å². The van der Waals surface area contributed by atoms with Gasteiger partial charge in [0.05, 0.1) is 16.3 Å². The summed E-state index contributed by atoms with van der Waals surface area (Å²) in [6.07, 6.45) is 1.30. The van der Waals surface area contributed by atoms with Crippen molar-refractivity contribution in [3.63, 3.8) is 0 Å². The maximum absolute atomic E-state index is 12.2. The number of nitrogens with zero attached hydrogens (tertiary/aromatic N) is 2. The van der Waals surface area contributed by atoms with E-state index >= 15 is 0 Å². The number of carbonyl (C=O) groups excluding carboxylic acids is 1. The molecular formula is C17H15Cl2N7O. The van der Waals surface area contributed by atoms with Crippen molar-refractivity contribution in [3.05, 3.63) is 70.5 Å².